The summed E-state index contributed by atoms with van der Waals surface area (Å²) < 4.78 is 6.99. The van der Waals surface area contributed by atoms with Gasteiger partial charge in [-0.25, -0.2) is 0 Å². The van der Waals surface area contributed by atoms with E-state index in [2.05, 4.69) is 22.9 Å². The van der Waals surface area contributed by atoms with Crippen LogP contribution >= 0.6 is 15.9 Å². The number of halogens is 1. The number of aliphatic hydroxyl groups is 1. The Hall–Kier alpha value is -0.540. The second-order valence-electron chi connectivity index (χ2n) is 5.09. The van der Waals surface area contributed by atoms with Crippen molar-refractivity contribution >= 4 is 15.9 Å². The van der Waals surface area contributed by atoms with Crippen molar-refractivity contribution in [1.29, 1.82) is 0 Å². The minimum Gasteiger partial charge on any atom is -0.490 e. The Morgan fingerprint density at radius 2 is 2.22 bits per heavy atom. The summed E-state index contributed by atoms with van der Waals surface area (Å²) in [6.07, 6.45) is 6.53. The second kappa shape index (κ2) is 6.58. The van der Waals surface area contributed by atoms with Gasteiger partial charge >= 0.3 is 0 Å². The number of benzene rings is 1. The Kier molecular flexibility index (Phi) is 5.07. The highest BCUT2D eigenvalue weighted by Gasteiger charge is 2.22. The summed E-state index contributed by atoms with van der Waals surface area (Å²) in [7, 11) is 0. The molecule has 0 aromatic heterocycles. The van der Waals surface area contributed by atoms with Crippen molar-refractivity contribution in [2.24, 2.45) is 5.92 Å². The molecule has 100 valence electrons. The fraction of sp³-hybridized carbons (Fsp3) is 0.600. The number of ether oxygens (including phenoxy) is 1. The molecule has 0 radical (unpaired) electrons. The first-order valence-corrected chi connectivity index (χ1v) is 7.58. The summed E-state index contributed by atoms with van der Waals surface area (Å²) in [6.45, 7) is 2.30. The third kappa shape index (κ3) is 3.48. The molecule has 1 aromatic carbocycles. The quantitative estimate of drug-likeness (QED) is 0.898. The van der Waals surface area contributed by atoms with E-state index in [9.17, 15) is 5.11 Å². The maximum atomic E-state index is 9.24. The summed E-state index contributed by atoms with van der Waals surface area (Å²) in [5, 5.41) is 9.24. The molecule has 2 nitrogen and oxygen atoms in total. The average molecular weight is 313 g/mol. The van der Waals surface area contributed by atoms with Crippen LogP contribution in [0.3, 0.4) is 0 Å². The Morgan fingerprint density at radius 1 is 1.39 bits per heavy atom. The molecule has 2 rings (SSSR count). The van der Waals surface area contributed by atoms with E-state index in [1.54, 1.807) is 0 Å². The van der Waals surface area contributed by atoms with Crippen LogP contribution in [0.5, 0.6) is 5.75 Å². The van der Waals surface area contributed by atoms with Gasteiger partial charge in [0.15, 0.2) is 0 Å². The van der Waals surface area contributed by atoms with Crippen LogP contribution in [0.25, 0.3) is 0 Å². The Morgan fingerprint density at radius 3 is 2.94 bits per heavy atom. The molecule has 2 atom stereocenters. The summed E-state index contributed by atoms with van der Waals surface area (Å²) in [5.41, 5.74) is 0.885. The highest BCUT2D eigenvalue weighted by molar-refractivity contribution is 9.10. The smallest absolute Gasteiger partial charge is 0.120 e. The molecule has 0 spiro atoms. The fourth-order valence-corrected chi connectivity index (χ4v) is 3.03. The van der Waals surface area contributed by atoms with E-state index < -0.39 is 0 Å². The molecule has 18 heavy (non-hydrogen) atoms. The number of rotatable bonds is 4. The van der Waals surface area contributed by atoms with E-state index in [1.807, 2.05) is 18.2 Å². The van der Waals surface area contributed by atoms with Crippen molar-refractivity contribution < 1.29 is 9.84 Å². The van der Waals surface area contributed by atoms with Crippen LogP contribution < -0.4 is 4.74 Å². The molecular formula is C15H21BrO2. The second-order valence-corrected chi connectivity index (χ2v) is 5.95. The van der Waals surface area contributed by atoms with Gasteiger partial charge in [-0.3, -0.25) is 0 Å². The molecule has 0 bridgehead atoms. The van der Waals surface area contributed by atoms with Crippen LogP contribution in [-0.4, -0.2) is 11.2 Å². The van der Waals surface area contributed by atoms with Crippen LogP contribution in [0.1, 0.15) is 44.6 Å². The van der Waals surface area contributed by atoms with Gasteiger partial charge in [-0.05, 0) is 48.9 Å². The molecular weight excluding hydrogens is 292 g/mol. The Bertz CT molecular complexity index is 392. The largest absolute Gasteiger partial charge is 0.490 e. The van der Waals surface area contributed by atoms with Crippen molar-refractivity contribution in [1.82, 2.24) is 0 Å². The average Bonchev–Trinajstić information content (AvgIpc) is 2.41. The molecule has 0 aliphatic heterocycles. The molecule has 3 heteroatoms. The highest BCUT2D eigenvalue weighted by Crippen LogP contribution is 2.30. The zero-order valence-electron chi connectivity index (χ0n) is 10.9. The van der Waals surface area contributed by atoms with Gasteiger partial charge in [-0.1, -0.05) is 35.7 Å². The van der Waals surface area contributed by atoms with E-state index in [-0.39, 0.29) is 6.61 Å². The van der Waals surface area contributed by atoms with Gasteiger partial charge in [-0.2, -0.15) is 0 Å². The number of aliphatic hydroxyl groups excluding tert-OH is 1. The number of hydrogen-bond donors (Lipinski definition) is 1. The van der Waals surface area contributed by atoms with Crippen LogP contribution in [-0.2, 0) is 6.61 Å². The van der Waals surface area contributed by atoms with Gasteiger partial charge in [0.25, 0.3) is 0 Å². The monoisotopic (exact) mass is 312 g/mol. The molecule has 1 aromatic rings. The van der Waals surface area contributed by atoms with Crippen LogP contribution in [0, 0.1) is 5.92 Å². The van der Waals surface area contributed by atoms with Crippen molar-refractivity contribution in [3.05, 3.63) is 28.2 Å². The van der Waals surface area contributed by atoms with Crippen LogP contribution in [0.15, 0.2) is 22.7 Å². The normalized spacial score (nSPS) is 23.9. The molecule has 1 aliphatic carbocycles. The van der Waals surface area contributed by atoms with E-state index in [4.69, 9.17) is 4.74 Å². The third-order valence-electron chi connectivity index (χ3n) is 3.80. The first-order valence-electron chi connectivity index (χ1n) is 6.78. The van der Waals surface area contributed by atoms with Crippen LogP contribution in [0.4, 0.5) is 0 Å². The third-order valence-corrected chi connectivity index (χ3v) is 4.58. The Labute approximate surface area is 117 Å². The van der Waals surface area contributed by atoms with E-state index in [0.29, 0.717) is 6.10 Å². The van der Waals surface area contributed by atoms with Gasteiger partial charge in [0.1, 0.15) is 5.75 Å². The summed E-state index contributed by atoms with van der Waals surface area (Å²) in [6, 6.07) is 5.85. The van der Waals surface area contributed by atoms with Gasteiger partial charge in [0, 0.05) is 4.47 Å². The summed E-state index contributed by atoms with van der Waals surface area (Å²) in [4.78, 5) is 0. The van der Waals surface area contributed by atoms with Crippen molar-refractivity contribution in [2.75, 3.05) is 0 Å². The summed E-state index contributed by atoms with van der Waals surface area (Å²) in [5.74, 6) is 1.69. The lowest BCUT2D eigenvalue weighted by Gasteiger charge is -2.29. The SMILES string of the molecule is CCC1CCCC(Oc2ccc(Br)c(CO)c2)C1. The maximum absolute atomic E-state index is 9.24. The van der Waals surface area contributed by atoms with Crippen molar-refractivity contribution in [2.45, 2.75) is 51.7 Å². The highest BCUT2D eigenvalue weighted by atomic mass is 79.9. The molecule has 0 amide bonds. The zero-order chi connectivity index (χ0) is 13.0. The number of hydrogen-bond acceptors (Lipinski definition) is 2. The lowest BCUT2D eigenvalue weighted by molar-refractivity contribution is 0.122. The van der Waals surface area contributed by atoms with Gasteiger partial charge in [0.2, 0.25) is 0 Å². The lowest BCUT2D eigenvalue weighted by Crippen LogP contribution is -2.25. The first kappa shape index (κ1) is 13.9. The standard InChI is InChI=1S/C15H21BrO2/c1-2-11-4-3-5-13(8-11)18-14-6-7-15(16)12(9-14)10-17/h6-7,9,11,13,17H,2-5,8,10H2,1H3. The topological polar surface area (TPSA) is 29.5 Å². The molecule has 1 saturated carbocycles. The zero-order valence-corrected chi connectivity index (χ0v) is 12.4. The van der Waals surface area contributed by atoms with Gasteiger partial charge in [0.05, 0.1) is 12.7 Å². The molecule has 1 aliphatic rings. The first-order chi connectivity index (χ1) is 8.72. The van der Waals surface area contributed by atoms with Gasteiger partial charge in [-0.15, -0.1) is 0 Å². The summed E-state index contributed by atoms with van der Waals surface area (Å²) >= 11 is 3.42. The molecule has 0 heterocycles. The molecule has 1 N–H and O–H groups in total. The van der Waals surface area contributed by atoms with Gasteiger partial charge < -0.3 is 9.84 Å². The van der Waals surface area contributed by atoms with Crippen molar-refractivity contribution in [3.63, 3.8) is 0 Å². The lowest BCUT2D eigenvalue weighted by atomic mass is 9.85. The fourth-order valence-electron chi connectivity index (χ4n) is 2.66. The van der Waals surface area contributed by atoms with E-state index >= 15 is 0 Å². The van der Waals surface area contributed by atoms with Crippen molar-refractivity contribution in [3.8, 4) is 5.75 Å². The predicted molar refractivity (Wildman–Crippen MR) is 76.7 cm³/mol. The molecule has 1 fully saturated rings. The molecule has 2 unspecified atom stereocenters. The minimum atomic E-state index is 0.0417. The van der Waals surface area contributed by atoms with Crippen LogP contribution in [0.2, 0.25) is 0 Å². The Balaban J connectivity index is 2.00. The minimum absolute atomic E-state index is 0.0417. The predicted octanol–water partition coefficient (Wildman–Crippen LogP) is 4.29. The molecule has 0 saturated heterocycles. The van der Waals surface area contributed by atoms with E-state index in [1.165, 1.54) is 25.7 Å². The maximum Gasteiger partial charge on any atom is 0.120 e. The van der Waals surface area contributed by atoms with E-state index in [0.717, 1.165) is 28.1 Å².